The SMILES string of the molecule is Cl.Nc1ccccc1CCC(=O)Nc1ccc(OC2CCC2)c(F)c1. The number of rotatable bonds is 6. The van der Waals surface area contributed by atoms with Gasteiger partial charge in [-0.25, -0.2) is 4.39 Å². The topological polar surface area (TPSA) is 64.4 Å². The van der Waals surface area contributed by atoms with Crippen LogP contribution in [0.3, 0.4) is 0 Å². The van der Waals surface area contributed by atoms with Gasteiger partial charge in [-0.3, -0.25) is 4.79 Å². The Kier molecular flexibility index (Phi) is 6.65. The number of amides is 1. The number of nitrogens with one attached hydrogen (secondary N) is 1. The molecule has 4 nitrogen and oxygen atoms in total. The fourth-order valence-corrected chi connectivity index (χ4v) is 2.58. The summed E-state index contributed by atoms with van der Waals surface area (Å²) in [5.41, 5.74) is 7.89. The van der Waals surface area contributed by atoms with Gasteiger partial charge in [0.2, 0.25) is 5.91 Å². The van der Waals surface area contributed by atoms with Crippen LogP contribution < -0.4 is 15.8 Å². The summed E-state index contributed by atoms with van der Waals surface area (Å²) in [6, 6.07) is 12.0. The highest BCUT2D eigenvalue weighted by Gasteiger charge is 2.20. The predicted octanol–water partition coefficient (Wildman–Crippen LogP) is 4.33. The van der Waals surface area contributed by atoms with Crippen molar-refractivity contribution in [3.63, 3.8) is 0 Å². The first-order chi connectivity index (χ1) is 11.6. The molecule has 3 N–H and O–H groups in total. The van der Waals surface area contributed by atoms with Gasteiger partial charge in [-0.2, -0.15) is 0 Å². The Morgan fingerprint density at radius 2 is 2.00 bits per heavy atom. The molecule has 134 valence electrons. The maximum absolute atomic E-state index is 14.0. The number of hydrogen-bond acceptors (Lipinski definition) is 3. The van der Waals surface area contributed by atoms with Gasteiger partial charge in [0.1, 0.15) is 0 Å². The molecule has 1 saturated carbocycles. The van der Waals surface area contributed by atoms with Crippen LogP contribution >= 0.6 is 12.4 Å². The van der Waals surface area contributed by atoms with Crippen molar-refractivity contribution >= 4 is 29.7 Å². The van der Waals surface area contributed by atoms with Crippen LogP contribution in [0.25, 0.3) is 0 Å². The fraction of sp³-hybridized carbons (Fsp3) is 0.316. The number of aryl methyl sites for hydroxylation is 1. The number of carbonyl (C=O) groups excluding carboxylic acids is 1. The summed E-state index contributed by atoms with van der Waals surface area (Å²) in [6.07, 6.45) is 4.03. The molecule has 0 spiro atoms. The number of para-hydroxylation sites is 1. The Balaban J connectivity index is 0.00000225. The van der Waals surface area contributed by atoms with Crippen LogP contribution in [0.2, 0.25) is 0 Å². The Morgan fingerprint density at radius 3 is 2.64 bits per heavy atom. The second kappa shape index (κ2) is 8.72. The minimum atomic E-state index is -0.452. The number of halogens is 2. The standard InChI is InChI=1S/C19H21FN2O2.ClH/c20-16-12-14(9-10-18(16)24-15-5-3-6-15)22-19(23)11-8-13-4-1-2-7-17(13)21;/h1-2,4,7,9-10,12,15H,3,5-6,8,11,21H2,(H,22,23);1H. The molecule has 0 unspecified atom stereocenters. The monoisotopic (exact) mass is 364 g/mol. The third kappa shape index (κ3) is 5.10. The fourth-order valence-electron chi connectivity index (χ4n) is 2.58. The first-order valence-corrected chi connectivity index (χ1v) is 8.21. The summed E-state index contributed by atoms with van der Waals surface area (Å²) in [4.78, 5) is 12.0. The molecule has 0 radical (unpaired) electrons. The van der Waals surface area contributed by atoms with E-state index >= 15 is 0 Å². The van der Waals surface area contributed by atoms with E-state index in [0.29, 0.717) is 17.8 Å². The average molecular weight is 365 g/mol. The Labute approximate surface area is 153 Å². The van der Waals surface area contributed by atoms with Gasteiger partial charge >= 0.3 is 0 Å². The van der Waals surface area contributed by atoms with E-state index in [9.17, 15) is 9.18 Å². The van der Waals surface area contributed by atoms with E-state index in [1.807, 2.05) is 24.3 Å². The maximum atomic E-state index is 14.0. The van der Waals surface area contributed by atoms with E-state index in [0.717, 1.165) is 24.8 Å². The van der Waals surface area contributed by atoms with Crippen LogP contribution in [0.5, 0.6) is 5.75 Å². The lowest BCUT2D eigenvalue weighted by atomic mass is 9.96. The summed E-state index contributed by atoms with van der Waals surface area (Å²) in [7, 11) is 0. The maximum Gasteiger partial charge on any atom is 0.224 e. The molecule has 0 heterocycles. The highest BCUT2D eigenvalue weighted by Crippen LogP contribution is 2.28. The van der Waals surface area contributed by atoms with Gasteiger partial charge in [0.25, 0.3) is 0 Å². The van der Waals surface area contributed by atoms with Gasteiger partial charge in [0.05, 0.1) is 6.10 Å². The molecule has 2 aromatic rings. The van der Waals surface area contributed by atoms with Gasteiger partial charge in [-0.05, 0) is 49.4 Å². The molecule has 6 heteroatoms. The second-order valence-corrected chi connectivity index (χ2v) is 6.06. The van der Waals surface area contributed by atoms with Crippen molar-refractivity contribution in [3.8, 4) is 5.75 Å². The largest absolute Gasteiger partial charge is 0.487 e. The highest BCUT2D eigenvalue weighted by molar-refractivity contribution is 5.91. The average Bonchev–Trinajstić information content (AvgIpc) is 2.51. The number of hydrogen-bond donors (Lipinski definition) is 2. The minimum Gasteiger partial charge on any atom is -0.487 e. The number of nitrogens with two attached hydrogens (primary N) is 1. The summed E-state index contributed by atoms with van der Waals surface area (Å²) in [5.74, 6) is -0.382. The first kappa shape index (κ1) is 19.1. The van der Waals surface area contributed by atoms with Crippen molar-refractivity contribution in [2.75, 3.05) is 11.1 Å². The van der Waals surface area contributed by atoms with Crippen LogP contribution in [0, 0.1) is 5.82 Å². The summed E-state index contributed by atoms with van der Waals surface area (Å²) in [6.45, 7) is 0. The molecule has 1 aliphatic carbocycles. The minimum absolute atomic E-state index is 0. The zero-order valence-corrected chi connectivity index (χ0v) is 14.7. The van der Waals surface area contributed by atoms with Crippen molar-refractivity contribution in [1.82, 2.24) is 0 Å². The van der Waals surface area contributed by atoms with E-state index in [4.69, 9.17) is 10.5 Å². The lowest BCUT2D eigenvalue weighted by molar-refractivity contribution is -0.116. The van der Waals surface area contributed by atoms with Crippen LogP contribution in [0.15, 0.2) is 42.5 Å². The molecule has 1 fully saturated rings. The van der Waals surface area contributed by atoms with E-state index in [2.05, 4.69) is 5.32 Å². The quantitative estimate of drug-likeness (QED) is 0.750. The third-order valence-electron chi connectivity index (χ3n) is 4.24. The zero-order chi connectivity index (χ0) is 16.9. The predicted molar refractivity (Wildman–Crippen MR) is 99.7 cm³/mol. The van der Waals surface area contributed by atoms with E-state index < -0.39 is 5.82 Å². The molecule has 1 amide bonds. The van der Waals surface area contributed by atoms with Gasteiger partial charge in [0.15, 0.2) is 11.6 Å². The molecular weight excluding hydrogens is 343 g/mol. The number of nitrogen functional groups attached to an aromatic ring is 1. The Bertz CT molecular complexity index is 735. The number of ether oxygens (including phenoxy) is 1. The van der Waals surface area contributed by atoms with Gasteiger partial charge in [-0.1, -0.05) is 18.2 Å². The van der Waals surface area contributed by atoms with E-state index in [1.54, 1.807) is 12.1 Å². The number of carbonyl (C=O) groups is 1. The van der Waals surface area contributed by atoms with Crippen LogP contribution in [-0.4, -0.2) is 12.0 Å². The second-order valence-electron chi connectivity index (χ2n) is 6.06. The lowest BCUT2D eigenvalue weighted by Gasteiger charge is -2.26. The molecule has 0 aromatic heterocycles. The van der Waals surface area contributed by atoms with Crippen LogP contribution in [0.4, 0.5) is 15.8 Å². The summed E-state index contributed by atoms with van der Waals surface area (Å²) >= 11 is 0. The van der Waals surface area contributed by atoms with Crippen LogP contribution in [-0.2, 0) is 11.2 Å². The Morgan fingerprint density at radius 1 is 1.24 bits per heavy atom. The smallest absolute Gasteiger partial charge is 0.224 e. The van der Waals surface area contributed by atoms with Crippen molar-refractivity contribution in [3.05, 3.63) is 53.8 Å². The molecular formula is C19H22ClFN2O2. The first-order valence-electron chi connectivity index (χ1n) is 8.21. The van der Waals surface area contributed by atoms with Crippen LogP contribution in [0.1, 0.15) is 31.2 Å². The molecule has 2 aromatic carbocycles. The molecule has 0 atom stereocenters. The van der Waals surface area contributed by atoms with Crippen molar-refractivity contribution in [2.24, 2.45) is 0 Å². The molecule has 0 aliphatic heterocycles. The van der Waals surface area contributed by atoms with Crippen molar-refractivity contribution in [2.45, 2.75) is 38.2 Å². The molecule has 0 saturated heterocycles. The van der Waals surface area contributed by atoms with Gasteiger partial charge in [-0.15, -0.1) is 12.4 Å². The molecule has 3 rings (SSSR count). The molecule has 0 bridgehead atoms. The Hall–Kier alpha value is -2.27. The zero-order valence-electron chi connectivity index (χ0n) is 13.8. The molecule has 1 aliphatic rings. The van der Waals surface area contributed by atoms with E-state index in [1.165, 1.54) is 6.07 Å². The van der Waals surface area contributed by atoms with E-state index in [-0.39, 0.29) is 36.6 Å². The number of benzene rings is 2. The van der Waals surface area contributed by atoms with Gasteiger partial charge < -0.3 is 15.8 Å². The summed E-state index contributed by atoms with van der Waals surface area (Å²) < 4.78 is 19.6. The van der Waals surface area contributed by atoms with Crippen molar-refractivity contribution < 1.29 is 13.9 Å². The number of anilines is 2. The van der Waals surface area contributed by atoms with Crippen molar-refractivity contribution in [1.29, 1.82) is 0 Å². The normalized spacial score (nSPS) is 13.5. The third-order valence-corrected chi connectivity index (χ3v) is 4.24. The molecule has 25 heavy (non-hydrogen) atoms. The summed E-state index contributed by atoms with van der Waals surface area (Å²) in [5, 5.41) is 2.71. The van der Waals surface area contributed by atoms with Gasteiger partial charge in [0, 0.05) is 23.9 Å². The highest BCUT2D eigenvalue weighted by atomic mass is 35.5. The lowest BCUT2D eigenvalue weighted by Crippen LogP contribution is -2.25.